The standard InChI is InChI=1S/C16H23F2N3O/c1-10(21-7-6-14(19)16(2,3)9-21)15(22)20-13-5-4-11(17)8-12(13)18/h4-5,8,10,14H,6-7,9,19H2,1-3H3,(H,20,22). The van der Waals surface area contributed by atoms with Crippen molar-refractivity contribution in [3.05, 3.63) is 29.8 Å². The molecule has 4 nitrogen and oxygen atoms in total. The van der Waals surface area contributed by atoms with E-state index in [4.69, 9.17) is 5.73 Å². The second-order valence-electron chi connectivity index (χ2n) is 6.64. The van der Waals surface area contributed by atoms with Gasteiger partial charge in [0.2, 0.25) is 5.91 Å². The van der Waals surface area contributed by atoms with Crippen molar-refractivity contribution in [2.45, 2.75) is 39.3 Å². The number of halogens is 2. The average molecular weight is 311 g/mol. The minimum absolute atomic E-state index is 0.00813. The fourth-order valence-electron chi connectivity index (χ4n) is 2.74. The summed E-state index contributed by atoms with van der Waals surface area (Å²) < 4.78 is 26.5. The molecule has 2 rings (SSSR count). The third-order valence-corrected chi connectivity index (χ3v) is 4.46. The molecule has 0 aliphatic carbocycles. The lowest BCUT2D eigenvalue weighted by atomic mass is 9.79. The third-order valence-electron chi connectivity index (χ3n) is 4.46. The van der Waals surface area contributed by atoms with Gasteiger partial charge >= 0.3 is 0 Å². The maximum absolute atomic E-state index is 13.6. The van der Waals surface area contributed by atoms with Crippen LogP contribution in [0.3, 0.4) is 0 Å². The number of amides is 1. The van der Waals surface area contributed by atoms with Crippen molar-refractivity contribution in [1.82, 2.24) is 4.90 Å². The van der Waals surface area contributed by atoms with Crippen molar-refractivity contribution in [3.63, 3.8) is 0 Å². The van der Waals surface area contributed by atoms with Gasteiger partial charge in [-0.3, -0.25) is 9.69 Å². The fourth-order valence-corrected chi connectivity index (χ4v) is 2.74. The number of nitrogens with zero attached hydrogens (tertiary/aromatic N) is 1. The van der Waals surface area contributed by atoms with Crippen molar-refractivity contribution in [2.24, 2.45) is 11.1 Å². The summed E-state index contributed by atoms with van der Waals surface area (Å²) in [4.78, 5) is 14.3. The van der Waals surface area contributed by atoms with E-state index < -0.39 is 17.7 Å². The summed E-state index contributed by atoms with van der Waals surface area (Å²) in [6, 6.07) is 2.80. The first-order valence-electron chi connectivity index (χ1n) is 7.46. The Hall–Kier alpha value is -1.53. The number of nitrogens with two attached hydrogens (primary N) is 1. The Morgan fingerprint density at radius 2 is 2.14 bits per heavy atom. The van der Waals surface area contributed by atoms with E-state index in [2.05, 4.69) is 19.2 Å². The van der Waals surface area contributed by atoms with Gasteiger partial charge in [0, 0.05) is 25.2 Å². The van der Waals surface area contributed by atoms with Crippen LogP contribution in [0.15, 0.2) is 18.2 Å². The van der Waals surface area contributed by atoms with Crippen molar-refractivity contribution in [3.8, 4) is 0 Å². The number of carbonyl (C=O) groups excluding carboxylic acids is 1. The topological polar surface area (TPSA) is 58.4 Å². The molecule has 122 valence electrons. The highest BCUT2D eigenvalue weighted by molar-refractivity contribution is 5.94. The average Bonchev–Trinajstić information content (AvgIpc) is 2.44. The van der Waals surface area contributed by atoms with Gasteiger partial charge in [0.25, 0.3) is 0 Å². The predicted molar refractivity (Wildman–Crippen MR) is 82.4 cm³/mol. The Morgan fingerprint density at radius 3 is 2.73 bits per heavy atom. The van der Waals surface area contributed by atoms with Gasteiger partial charge in [-0.15, -0.1) is 0 Å². The van der Waals surface area contributed by atoms with Crippen LogP contribution in [-0.2, 0) is 4.79 Å². The van der Waals surface area contributed by atoms with Crippen LogP contribution in [0, 0.1) is 17.0 Å². The predicted octanol–water partition coefficient (Wildman–Crippen LogP) is 2.35. The molecule has 0 aromatic heterocycles. The van der Waals surface area contributed by atoms with E-state index in [1.54, 1.807) is 6.92 Å². The molecule has 0 spiro atoms. The molecule has 0 radical (unpaired) electrons. The highest BCUT2D eigenvalue weighted by Gasteiger charge is 2.36. The normalized spacial score (nSPS) is 23.1. The number of rotatable bonds is 3. The Balaban J connectivity index is 2.03. The summed E-state index contributed by atoms with van der Waals surface area (Å²) in [6.45, 7) is 7.37. The molecule has 1 aliphatic rings. The van der Waals surface area contributed by atoms with Crippen molar-refractivity contribution < 1.29 is 13.6 Å². The summed E-state index contributed by atoms with van der Waals surface area (Å²) in [5.41, 5.74) is 6.01. The van der Waals surface area contributed by atoms with Gasteiger partial charge < -0.3 is 11.1 Å². The van der Waals surface area contributed by atoms with Crippen LogP contribution in [0.4, 0.5) is 14.5 Å². The summed E-state index contributed by atoms with van der Waals surface area (Å²) in [5.74, 6) is -1.76. The number of benzene rings is 1. The molecular formula is C16H23F2N3O. The number of nitrogens with one attached hydrogen (secondary N) is 1. The molecule has 3 N–H and O–H groups in total. The van der Waals surface area contributed by atoms with E-state index >= 15 is 0 Å². The molecule has 0 bridgehead atoms. The molecule has 6 heteroatoms. The Bertz CT molecular complexity index is 562. The Labute approximate surface area is 129 Å². The number of likely N-dealkylation sites (tertiary alicyclic amines) is 1. The summed E-state index contributed by atoms with van der Waals surface area (Å²) in [5, 5.41) is 2.52. The molecule has 1 fully saturated rings. The van der Waals surface area contributed by atoms with Crippen LogP contribution in [0.5, 0.6) is 0 Å². The minimum Gasteiger partial charge on any atom is -0.327 e. The van der Waals surface area contributed by atoms with Gasteiger partial charge in [0.15, 0.2) is 0 Å². The smallest absolute Gasteiger partial charge is 0.241 e. The van der Waals surface area contributed by atoms with E-state index in [0.717, 1.165) is 25.1 Å². The molecule has 1 heterocycles. The minimum atomic E-state index is -0.776. The second-order valence-corrected chi connectivity index (χ2v) is 6.64. The van der Waals surface area contributed by atoms with Crippen LogP contribution in [0.25, 0.3) is 0 Å². The number of piperidine rings is 1. The first kappa shape index (κ1) is 16.8. The van der Waals surface area contributed by atoms with E-state index in [1.165, 1.54) is 6.07 Å². The quantitative estimate of drug-likeness (QED) is 0.901. The highest BCUT2D eigenvalue weighted by Crippen LogP contribution is 2.29. The summed E-state index contributed by atoms with van der Waals surface area (Å²) in [7, 11) is 0. The number of hydrogen-bond acceptors (Lipinski definition) is 3. The van der Waals surface area contributed by atoms with Gasteiger partial charge in [0.1, 0.15) is 11.6 Å². The number of hydrogen-bond donors (Lipinski definition) is 2. The van der Waals surface area contributed by atoms with E-state index in [-0.39, 0.29) is 23.1 Å². The third kappa shape index (κ3) is 3.62. The molecule has 22 heavy (non-hydrogen) atoms. The zero-order chi connectivity index (χ0) is 16.5. The van der Waals surface area contributed by atoms with Crippen LogP contribution in [0.2, 0.25) is 0 Å². The molecular weight excluding hydrogens is 288 g/mol. The maximum Gasteiger partial charge on any atom is 0.241 e. The van der Waals surface area contributed by atoms with Gasteiger partial charge in [-0.05, 0) is 30.9 Å². The van der Waals surface area contributed by atoms with Crippen LogP contribution in [0.1, 0.15) is 27.2 Å². The molecule has 2 atom stereocenters. The largest absolute Gasteiger partial charge is 0.327 e. The van der Waals surface area contributed by atoms with Crippen molar-refractivity contribution >= 4 is 11.6 Å². The molecule has 1 aliphatic heterocycles. The molecule has 1 aromatic carbocycles. The van der Waals surface area contributed by atoms with Gasteiger partial charge in [-0.2, -0.15) is 0 Å². The van der Waals surface area contributed by atoms with Crippen LogP contribution >= 0.6 is 0 Å². The van der Waals surface area contributed by atoms with Crippen molar-refractivity contribution in [1.29, 1.82) is 0 Å². The first-order chi connectivity index (χ1) is 10.2. The van der Waals surface area contributed by atoms with Crippen LogP contribution in [-0.4, -0.2) is 36.0 Å². The van der Waals surface area contributed by atoms with Crippen LogP contribution < -0.4 is 11.1 Å². The molecule has 1 saturated heterocycles. The highest BCUT2D eigenvalue weighted by atomic mass is 19.1. The Kier molecular flexibility index (Phi) is 4.82. The number of carbonyl (C=O) groups is 1. The molecule has 2 unspecified atom stereocenters. The van der Waals surface area contributed by atoms with Gasteiger partial charge in [-0.1, -0.05) is 13.8 Å². The van der Waals surface area contributed by atoms with Gasteiger partial charge in [0.05, 0.1) is 11.7 Å². The monoisotopic (exact) mass is 311 g/mol. The maximum atomic E-state index is 13.6. The Morgan fingerprint density at radius 1 is 1.45 bits per heavy atom. The molecule has 0 saturated carbocycles. The SMILES string of the molecule is CC(C(=O)Nc1ccc(F)cc1F)N1CCC(N)C(C)(C)C1. The lowest BCUT2D eigenvalue weighted by Crippen LogP contribution is -2.56. The van der Waals surface area contributed by atoms with Gasteiger partial charge in [-0.25, -0.2) is 8.78 Å². The second kappa shape index (κ2) is 6.30. The first-order valence-corrected chi connectivity index (χ1v) is 7.46. The summed E-state index contributed by atoms with van der Waals surface area (Å²) in [6.07, 6.45) is 0.815. The zero-order valence-electron chi connectivity index (χ0n) is 13.2. The molecule has 1 aromatic rings. The zero-order valence-corrected chi connectivity index (χ0v) is 13.2. The fraction of sp³-hybridized carbons (Fsp3) is 0.562. The lowest BCUT2D eigenvalue weighted by Gasteiger charge is -2.44. The van der Waals surface area contributed by atoms with E-state index in [1.807, 2.05) is 4.90 Å². The summed E-state index contributed by atoms with van der Waals surface area (Å²) >= 11 is 0. The van der Waals surface area contributed by atoms with Crippen molar-refractivity contribution in [2.75, 3.05) is 18.4 Å². The van der Waals surface area contributed by atoms with E-state index in [0.29, 0.717) is 6.54 Å². The lowest BCUT2D eigenvalue weighted by molar-refractivity contribution is -0.122. The number of anilines is 1. The molecule has 1 amide bonds. The van der Waals surface area contributed by atoms with E-state index in [9.17, 15) is 13.6 Å².